The number of carbonyl (C=O) groups is 1. The molecule has 0 fully saturated rings. The summed E-state index contributed by atoms with van der Waals surface area (Å²) in [5.41, 5.74) is 1.88. The highest BCUT2D eigenvalue weighted by Gasteiger charge is 2.14. The van der Waals surface area contributed by atoms with Crippen molar-refractivity contribution < 1.29 is 9.90 Å². The molecule has 0 radical (unpaired) electrons. The first-order valence-corrected chi connectivity index (χ1v) is 6.24. The number of carboxylic acid groups (broad SMARTS) is 1. The van der Waals surface area contributed by atoms with Gasteiger partial charge >= 0.3 is 5.97 Å². The van der Waals surface area contributed by atoms with Crippen LogP contribution in [0.3, 0.4) is 0 Å². The van der Waals surface area contributed by atoms with Crippen LogP contribution in [0.2, 0.25) is 0 Å². The highest BCUT2D eigenvalue weighted by molar-refractivity contribution is 5.76. The molecule has 2 aromatic rings. The van der Waals surface area contributed by atoms with Crippen LogP contribution in [0.5, 0.6) is 0 Å². The van der Waals surface area contributed by atoms with Gasteiger partial charge < -0.3 is 10.4 Å². The predicted molar refractivity (Wildman–Crippen MR) is 73.1 cm³/mol. The second-order valence-corrected chi connectivity index (χ2v) is 4.36. The van der Waals surface area contributed by atoms with Crippen molar-refractivity contribution in [1.82, 2.24) is 9.78 Å². The molecule has 100 valence electrons. The lowest BCUT2D eigenvalue weighted by atomic mass is 10.2. The zero-order valence-corrected chi connectivity index (χ0v) is 10.8. The maximum absolute atomic E-state index is 10.9. The maximum Gasteiger partial charge on any atom is 0.326 e. The lowest BCUT2D eigenvalue weighted by Crippen LogP contribution is -2.27. The van der Waals surface area contributed by atoms with Gasteiger partial charge in [-0.2, -0.15) is 5.10 Å². The molecule has 0 aliphatic rings. The zero-order chi connectivity index (χ0) is 13.7. The molecule has 5 heteroatoms. The van der Waals surface area contributed by atoms with Crippen molar-refractivity contribution in [2.24, 2.45) is 0 Å². The fourth-order valence-electron chi connectivity index (χ4n) is 1.83. The molecule has 1 aromatic carbocycles. The minimum atomic E-state index is -0.849. The van der Waals surface area contributed by atoms with Gasteiger partial charge in [0.2, 0.25) is 0 Å². The van der Waals surface area contributed by atoms with Gasteiger partial charge in [0.15, 0.2) is 0 Å². The summed E-state index contributed by atoms with van der Waals surface area (Å²) in [4.78, 5) is 10.9. The smallest absolute Gasteiger partial charge is 0.326 e. The molecule has 0 saturated carbocycles. The van der Waals surface area contributed by atoms with E-state index in [1.54, 1.807) is 10.9 Å². The van der Waals surface area contributed by atoms with Crippen LogP contribution in [-0.4, -0.2) is 26.9 Å². The van der Waals surface area contributed by atoms with Crippen LogP contribution < -0.4 is 5.32 Å². The molecular weight excluding hydrogens is 242 g/mol. The third-order valence-electron chi connectivity index (χ3n) is 2.87. The van der Waals surface area contributed by atoms with E-state index in [0.29, 0.717) is 13.0 Å². The number of benzene rings is 1. The molecule has 5 nitrogen and oxygen atoms in total. The largest absolute Gasteiger partial charge is 0.480 e. The summed E-state index contributed by atoms with van der Waals surface area (Å²) in [5.74, 6) is -0.849. The van der Waals surface area contributed by atoms with Gasteiger partial charge in [-0.25, -0.2) is 4.79 Å². The Morgan fingerprint density at radius 2 is 2.16 bits per heavy atom. The van der Waals surface area contributed by atoms with E-state index in [9.17, 15) is 4.79 Å². The molecule has 1 atom stereocenters. The molecule has 0 aliphatic heterocycles. The molecule has 1 unspecified atom stereocenters. The molecule has 19 heavy (non-hydrogen) atoms. The molecule has 2 N–H and O–H groups in total. The second-order valence-electron chi connectivity index (χ2n) is 4.36. The van der Waals surface area contributed by atoms with Crippen LogP contribution in [0.4, 0.5) is 5.69 Å². The Morgan fingerprint density at radius 1 is 1.42 bits per heavy atom. The zero-order valence-electron chi connectivity index (χ0n) is 10.8. The number of anilines is 1. The topological polar surface area (TPSA) is 67.2 Å². The van der Waals surface area contributed by atoms with E-state index in [4.69, 9.17) is 5.11 Å². The number of hydrogen-bond donors (Lipinski definition) is 2. The van der Waals surface area contributed by atoms with Crippen LogP contribution in [0.25, 0.3) is 0 Å². The van der Waals surface area contributed by atoms with Crippen LogP contribution >= 0.6 is 0 Å². The summed E-state index contributed by atoms with van der Waals surface area (Å²) in [6.07, 6.45) is 3.99. The standard InChI is InChI=1S/C14H17N3O2/c1-2-13(14(18)19)16-12-8-15-17(10-12)9-11-6-4-3-5-7-11/h3-8,10,13,16H,2,9H2,1H3,(H,18,19). The first-order valence-electron chi connectivity index (χ1n) is 6.24. The normalized spacial score (nSPS) is 12.1. The molecule has 2 rings (SSSR count). The first kappa shape index (κ1) is 13.1. The fraction of sp³-hybridized carbons (Fsp3) is 0.286. The predicted octanol–water partition coefficient (Wildman–Crippen LogP) is 2.21. The van der Waals surface area contributed by atoms with Crippen molar-refractivity contribution >= 4 is 11.7 Å². The first-order chi connectivity index (χ1) is 9.19. The minimum Gasteiger partial charge on any atom is -0.480 e. The third-order valence-corrected chi connectivity index (χ3v) is 2.87. The van der Waals surface area contributed by atoms with E-state index in [1.807, 2.05) is 43.5 Å². The summed E-state index contributed by atoms with van der Waals surface area (Å²) in [7, 11) is 0. The van der Waals surface area contributed by atoms with E-state index in [0.717, 1.165) is 11.3 Å². The second kappa shape index (κ2) is 6.04. The quantitative estimate of drug-likeness (QED) is 0.834. The fourth-order valence-corrected chi connectivity index (χ4v) is 1.83. The molecule has 0 spiro atoms. The van der Waals surface area contributed by atoms with Crippen molar-refractivity contribution in [3.63, 3.8) is 0 Å². The van der Waals surface area contributed by atoms with Gasteiger partial charge in [0.05, 0.1) is 18.4 Å². The summed E-state index contributed by atoms with van der Waals surface area (Å²) >= 11 is 0. The molecular formula is C14H17N3O2. The number of rotatable bonds is 6. The van der Waals surface area contributed by atoms with E-state index >= 15 is 0 Å². The van der Waals surface area contributed by atoms with E-state index in [-0.39, 0.29) is 0 Å². The number of aliphatic carboxylic acids is 1. The Labute approximate surface area is 111 Å². The number of nitrogens with zero attached hydrogens (tertiary/aromatic N) is 2. The van der Waals surface area contributed by atoms with E-state index < -0.39 is 12.0 Å². The Bertz CT molecular complexity index is 537. The van der Waals surface area contributed by atoms with Crippen LogP contribution in [0, 0.1) is 0 Å². The summed E-state index contributed by atoms with van der Waals surface area (Å²) in [6, 6.07) is 9.42. The monoisotopic (exact) mass is 259 g/mol. The molecule has 1 heterocycles. The van der Waals surface area contributed by atoms with Gasteiger partial charge in [-0.1, -0.05) is 37.3 Å². The highest BCUT2D eigenvalue weighted by atomic mass is 16.4. The average Bonchev–Trinajstić information content (AvgIpc) is 2.84. The Balaban J connectivity index is 2.01. The molecule has 1 aromatic heterocycles. The molecule has 0 amide bonds. The number of hydrogen-bond acceptors (Lipinski definition) is 3. The number of aromatic nitrogens is 2. The van der Waals surface area contributed by atoms with Crippen molar-refractivity contribution in [2.75, 3.05) is 5.32 Å². The summed E-state index contributed by atoms with van der Waals surface area (Å²) < 4.78 is 1.78. The van der Waals surface area contributed by atoms with Gasteiger partial charge in [0.25, 0.3) is 0 Å². The number of carboxylic acids is 1. The van der Waals surface area contributed by atoms with E-state index in [1.165, 1.54) is 0 Å². The van der Waals surface area contributed by atoms with Gasteiger partial charge in [0.1, 0.15) is 6.04 Å². The highest BCUT2D eigenvalue weighted by Crippen LogP contribution is 2.10. The van der Waals surface area contributed by atoms with Crippen molar-refractivity contribution in [3.05, 3.63) is 48.3 Å². The van der Waals surface area contributed by atoms with Crippen LogP contribution in [0.15, 0.2) is 42.7 Å². The van der Waals surface area contributed by atoms with Crippen LogP contribution in [0.1, 0.15) is 18.9 Å². The van der Waals surface area contributed by atoms with Gasteiger partial charge in [-0.05, 0) is 12.0 Å². The minimum absolute atomic E-state index is 0.527. The number of nitrogens with one attached hydrogen (secondary N) is 1. The van der Waals surface area contributed by atoms with Gasteiger partial charge in [-0.15, -0.1) is 0 Å². The third kappa shape index (κ3) is 3.58. The SMILES string of the molecule is CCC(Nc1cnn(Cc2ccccc2)c1)C(=O)O. The van der Waals surface area contributed by atoms with Crippen molar-refractivity contribution in [1.29, 1.82) is 0 Å². The summed E-state index contributed by atoms with van der Waals surface area (Å²) in [5, 5.41) is 16.2. The maximum atomic E-state index is 10.9. The molecule has 0 aliphatic carbocycles. The molecule has 0 saturated heterocycles. The average molecular weight is 259 g/mol. The Kier molecular flexibility index (Phi) is 4.18. The van der Waals surface area contributed by atoms with E-state index in [2.05, 4.69) is 10.4 Å². The lowest BCUT2D eigenvalue weighted by molar-refractivity contribution is -0.137. The summed E-state index contributed by atoms with van der Waals surface area (Å²) in [6.45, 7) is 2.51. The molecule has 0 bridgehead atoms. The van der Waals surface area contributed by atoms with Crippen molar-refractivity contribution in [2.45, 2.75) is 25.9 Å². The Hall–Kier alpha value is -2.30. The Morgan fingerprint density at radius 3 is 2.79 bits per heavy atom. The van der Waals surface area contributed by atoms with Crippen molar-refractivity contribution in [3.8, 4) is 0 Å². The van der Waals surface area contributed by atoms with Crippen LogP contribution in [-0.2, 0) is 11.3 Å². The van der Waals surface area contributed by atoms with Gasteiger partial charge in [-0.3, -0.25) is 4.68 Å². The lowest BCUT2D eigenvalue weighted by Gasteiger charge is -2.11. The van der Waals surface area contributed by atoms with Gasteiger partial charge in [0, 0.05) is 6.20 Å².